The maximum Gasteiger partial charge on any atom is 0.194 e. The standard InChI is InChI=1S/C22H38N6O.HI/c1-4-23-22(26(3)14-15-29-18-19-6-7-19)25-17-20-8-9-21(24-16-20)28-12-10-27(5-2)11-13-28;/h8-9,16,19H,4-7,10-15,17-18H2,1-3H3,(H,23,25);1H. The number of pyridine rings is 1. The first-order valence-electron chi connectivity index (χ1n) is 11.2. The van der Waals surface area contributed by atoms with Gasteiger partial charge in [0.2, 0.25) is 0 Å². The van der Waals surface area contributed by atoms with Gasteiger partial charge >= 0.3 is 0 Å². The minimum absolute atomic E-state index is 0. The lowest BCUT2D eigenvalue weighted by atomic mass is 10.2. The number of piperazine rings is 1. The number of rotatable bonds is 10. The van der Waals surface area contributed by atoms with E-state index in [1.54, 1.807) is 0 Å². The van der Waals surface area contributed by atoms with Crippen molar-refractivity contribution < 1.29 is 4.74 Å². The van der Waals surface area contributed by atoms with Gasteiger partial charge in [0.15, 0.2) is 5.96 Å². The molecular formula is C22H39IN6O. The van der Waals surface area contributed by atoms with Crippen molar-refractivity contribution in [2.24, 2.45) is 10.9 Å². The van der Waals surface area contributed by atoms with Crippen LogP contribution in [-0.4, -0.2) is 86.8 Å². The maximum absolute atomic E-state index is 5.76. The zero-order valence-electron chi connectivity index (χ0n) is 18.8. The Labute approximate surface area is 199 Å². The van der Waals surface area contributed by atoms with Gasteiger partial charge in [-0.3, -0.25) is 0 Å². The lowest BCUT2D eigenvalue weighted by Crippen LogP contribution is -2.46. The number of hydrogen-bond donors (Lipinski definition) is 1. The molecule has 0 bridgehead atoms. The number of nitrogens with zero attached hydrogens (tertiary/aromatic N) is 5. The largest absolute Gasteiger partial charge is 0.379 e. The van der Waals surface area contributed by atoms with Crippen LogP contribution in [0.25, 0.3) is 0 Å². The molecule has 30 heavy (non-hydrogen) atoms. The van der Waals surface area contributed by atoms with E-state index in [4.69, 9.17) is 9.73 Å². The van der Waals surface area contributed by atoms with E-state index in [0.717, 1.165) is 82.3 Å². The average molecular weight is 530 g/mol. The SMILES string of the molecule is CCNC(=NCc1ccc(N2CCN(CC)CC2)nc1)N(C)CCOCC1CC1.I. The molecule has 2 fully saturated rings. The highest BCUT2D eigenvalue weighted by Crippen LogP contribution is 2.28. The zero-order valence-corrected chi connectivity index (χ0v) is 21.2. The van der Waals surface area contributed by atoms with Crippen molar-refractivity contribution in [2.45, 2.75) is 33.2 Å². The van der Waals surface area contributed by atoms with E-state index in [1.807, 2.05) is 6.20 Å². The summed E-state index contributed by atoms with van der Waals surface area (Å²) in [5.74, 6) is 2.81. The number of hydrogen-bond acceptors (Lipinski definition) is 5. The molecule has 1 saturated heterocycles. The van der Waals surface area contributed by atoms with E-state index in [9.17, 15) is 0 Å². The van der Waals surface area contributed by atoms with Crippen molar-refractivity contribution in [1.29, 1.82) is 0 Å². The van der Waals surface area contributed by atoms with Gasteiger partial charge in [0.25, 0.3) is 0 Å². The fraction of sp³-hybridized carbons (Fsp3) is 0.727. The number of nitrogens with one attached hydrogen (secondary N) is 1. The van der Waals surface area contributed by atoms with Gasteiger partial charge in [-0.1, -0.05) is 13.0 Å². The predicted octanol–water partition coefficient (Wildman–Crippen LogP) is 2.67. The summed E-state index contributed by atoms with van der Waals surface area (Å²) in [6.07, 6.45) is 4.64. The summed E-state index contributed by atoms with van der Waals surface area (Å²) < 4.78 is 5.76. The van der Waals surface area contributed by atoms with Gasteiger partial charge in [-0.25, -0.2) is 9.98 Å². The number of halogens is 1. The summed E-state index contributed by atoms with van der Waals surface area (Å²) in [6, 6.07) is 4.29. The van der Waals surface area contributed by atoms with Crippen LogP contribution in [-0.2, 0) is 11.3 Å². The van der Waals surface area contributed by atoms with Gasteiger partial charge in [-0.15, -0.1) is 24.0 Å². The predicted molar refractivity (Wildman–Crippen MR) is 135 cm³/mol. The lowest BCUT2D eigenvalue weighted by molar-refractivity contribution is 0.115. The van der Waals surface area contributed by atoms with Crippen molar-refractivity contribution in [3.8, 4) is 0 Å². The van der Waals surface area contributed by atoms with Gasteiger partial charge in [0.05, 0.1) is 13.2 Å². The normalized spacial score (nSPS) is 17.6. The highest BCUT2D eigenvalue weighted by molar-refractivity contribution is 14.0. The number of guanidine groups is 1. The van der Waals surface area contributed by atoms with Crippen LogP contribution in [0.1, 0.15) is 32.3 Å². The van der Waals surface area contributed by atoms with Crippen molar-refractivity contribution in [1.82, 2.24) is 20.1 Å². The topological polar surface area (TPSA) is 56.2 Å². The van der Waals surface area contributed by atoms with Crippen LogP contribution in [0, 0.1) is 5.92 Å². The Bertz CT molecular complexity index is 629. The van der Waals surface area contributed by atoms with Crippen LogP contribution in [0.3, 0.4) is 0 Å². The minimum atomic E-state index is 0. The first-order chi connectivity index (χ1) is 14.2. The van der Waals surface area contributed by atoms with E-state index >= 15 is 0 Å². The van der Waals surface area contributed by atoms with E-state index in [1.165, 1.54) is 12.8 Å². The van der Waals surface area contributed by atoms with E-state index in [0.29, 0.717) is 6.54 Å². The second-order valence-electron chi connectivity index (χ2n) is 8.06. The monoisotopic (exact) mass is 530 g/mol. The smallest absolute Gasteiger partial charge is 0.194 e. The number of aliphatic imine (C=N–C) groups is 1. The maximum atomic E-state index is 5.76. The number of ether oxygens (including phenoxy) is 1. The van der Waals surface area contributed by atoms with E-state index in [-0.39, 0.29) is 24.0 Å². The summed E-state index contributed by atoms with van der Waals surface area (Å²) in [4.78, 5) is 16.5. The summed E-state index contributed by atoms with van der Waals surface area (Å²) in [6.45, 7) is 13.8. The third-order valence-electron chi connectivity index (χ3n) is 5.68. The molecule has 8 heteroatoms. The fourth-order valence-corrected chi connectivity index (χ4v) is 3.47. The summed E-state index contributed by atoms with van der Waals surface area (Å²) >= 11 is 0. The quantitative estimate of drug-likeness (QED) is 0.217. The molecule has 2 heterocycles. The average Bonchev–Trinajstić information content (AvgIpc) is 3.59. The van der Waals surface area contributed by atoms with Gasteiger partial charge in [-0.05, 0) is 43.9 Å². The molecular weight excluding hydrogens is 491 g/mol. The molecule has 1 aliphatic heterocycles. The molecule has 0 unspecified atom stereocenters. The Hall–Kier alpha value is -1.13. The molecule has 7 nitrogen and oxygen atoms in total. The van der Waals surface area contributed by atoms with Crippen molar-refractivity contribution in [3.05, 3.63) is 23.9 Å². The van der Waals surface area contributed by atoms with Crippen LogP contribution in [0.5, 0.6) is 0 Å². The van der Waals surface area contributed by atoms with Crippen LogP contribution in [0.15, 0.2) is 23.3 Å². The van der Waals surface area contributed by atoms with Crippen LogP contribution >= 0.6 is 24.0 Å². The fourth-order valence-electron chi connectivity index (χ4n) is 3.47. The van der Waals surface area contributed by atoms with Gasteiger partial charge in [0.1, 0.15) is 5.82 Å². The third kappa shape index (κ3) is 8.19. The summed E-state index contributed by atoms with van der Waals surface area (Å²) in [5, 5.41) is 3.37. The molecule has 0 radical (unpaired) electrons. The Morgan fingerprint density at radius 1 is 1.23 bits per heavy atom. The highest BCUT2D eigenvalue weighted by atomic mass is 127. The highest BCUT2D eigenvalue weighted by Gasteiger charge is 2.21. The molecule has 0 atom stereocenters. The third-order valence-corrected chi connectivity index (χ3v) is 5.68. The molecule has 1 saturated carbocycles. The van der Waals surface area contributed by atoms with Crippen molar-refractivity contribution in [2.75, 3.05) is 71.0 Å². The van der Waals surface area contributed by atoms with Gasteiger partial charge < -0.3 is 24.8 Å². The molecule has 0 spiro atoms. The minimum Gasteiger partial charge on any atom is -0.379 e. The zero-order chi connectivity index (χ0) is 20.5. The van der Waals surface area contributed by atoms with Crippen molar-refractivity contribution in [3.63, 3.8) is 0 Å². The van der Waals surface area contributed by atoms with E-state index in [2.05, 4.69) is 58.0 Å². The Kier molecular flexibility index (Phi) is 11.2. The van der Waals surface area contributed by atoms with Crippen LogP contribution < -0.4 is 10.2 Å². The molecule has 1 aliphatic carbocycles. The molecule has 3 rings (SSSR count). The summed E-state index contributed by atoms with van der Waals surface area (Å²) in [7, 11) is 2.07. The second-order valence-corrected chi connectivity index (χ2v) is 8.06. The van der Waals surface area contributed by atoms with E-state index < -0.39 is 0 Å². The Morgan fingerprint density at radius 2 is 2.00 bits per heavy atom. The number of aromatic nitrogens is 1. The molecule has 1 aromatic heterocycles. The second kappa shape index (κ2) is 13.3. The Morgan fingerprint density at radius 3 is 2.60 bits per heavy atom. The molecule has 0 amide bonds. The van der Waals surface area contributed by atoms with Crippen molar-refractivity contribution >= 4 is 35.8 Å². The number of likely N-dealkylation sites (N-methyl/N-ethyl adjacent to an activating group) is 2. The number of anilines is 1. The lowest BCUT2D eigenvalue weighted by Gasteiger charge is -2.34. The van der Waals surface area contributed by atoms with Gasteiger partial charge in [-0.2, -0.15) is 0 Å². The van der Waals surface area contributed by atoms with Gasteiger partial charge in [0, 0.05) is 59.1 Å². The van der Waals surface area contributed by atoms with Crippen LogP contribution in [0.2, 0.25) is 0 Å². The molecule has 0 aromatic carbocycles. The molecule has 170 valence electrons. The Balaban J connectivity index is 0.00000320. The first-order valence-corrected chi connectivity index (χ1v) is 11.2. The molecule has 2 aliphatic rings. The van der Waals surface area contributed by atoms with Crippen LogP contribution in [0.4, 0.5) is 5.82 Å². The first kappa shape index (κ1) is 25.1. The summed E-state index contributed by atoms with van der Waals surface area (Å²) in [5.41, 5.74) is 1.13. The molecule has 1 aromatic rings. The molecule has 1 N–H and O–H groups in total.